The van der Waals surface area contributed by atoms with Crippen LogP contribution in [0.3, 0.4) is 0 Å². The number of nitrogen functional groups attached to an aromatic ring is 1. The number of nitrogens with one attached hydrogen (secondary N) is 2. The molecule has 1 aliphatic carbocycles. The number of anilines is 2. The summed E-state index contributed by atoms with van der Waals surface area (Å²) >= 11 is 6.87. The molecule has 2 amide bonds. The number of halogens is 2. The predicted octanol–water partition coefficient (Wildman–Crippen LogP) is 2.40. The summed E-state index contributed by atoms with van der Waals surface area (Å²) in [5.74, 6) is -0.957. The summed E-state index contributed by atoms with van der Waals surface area (Å²) in [5, 5.41) is 15.4. The average Bonchev–Trinajstić information content (AvgIpc) is 3.38. The predicted molar refractivity (Wildman–Crippen MR) is 125 cm³/mol. The van der Waals surface area contributed by atoms with Crippen LogP contribution in [-0.2, 0) is 10.2 Å². The second kappa shape index (κ2) is 8.79. The minimum Gasteiger partial charge on any atom is -0.398 e. The minimum atomic E-state index is -0.745. The molecule has 4 rings (SSSR count). The first-order valence-corrected chi connectivity index (χ1v) is 11.2. The van der Waals surface area contributed by atoms with Crippen LogP contribution in [0.4, 0.5) is 15.9 Å². The number of pyridine rings is 1. The van der Waals surface area contributed by atoms with Crippen molar-refractivity contribution in [3.05, 3.63) is 40.3 Å². The lowest BCUT2D eigenvalue weighted by Crippen LogP contribution is -2.33. The van der Waals surface area contributed by atoms with Crippen molar-refractivity contribution in [2.75, 3.05) is 44.8 Å². The van der Waals surface area contributed by atoms with Crippen LogP contribution in [0.2, 0.25) is 5.02 Å². The molecule has 0 radical (unpaired) electrons. The maximum absolute atomic E-state index is 15.5. The number of hydrogen-bond acceptors (Lipinski definition) is 6. The van der Waals surface area contributed by atoms with Crippen molar-refractivity contribution in [1.29, 1.82) is 0 Å². The first-order chi connectivity index (χ1) is 15.7. The molecule has 1 aromatic carbocycles. The third-order valence-electron chi connectivity index (χ3n) is 6.61. The minimum absolute atomic E-state index is 0.0471. The largest absolute Gasteiger partial charge is 0.398 e. The third-order valence-corrected chi connectivity index (χ3v) is 7.01. The van der Waals surface area contributed by atoms with Gasteiger partial charge in [0.05, 0.1) is 17.2 Å². The number of hydrogen-bond donors (Lipinski definition) is 4. The van der Waals surface area contributed by atoms with Crippen molar-refractivity contribution in [1.82, 2.24) is 15.2 Å². The van der Waals surface area contributed by atoms with Crippen LogP contribution in [0, 0.1) is 11.7 Å². The quantitative estimate of drug-likeness (QED) is 0.493. The number of aromatic nitrogens is 1. The Morgan fingerprint density at radius 3 is 2.85 bits per heavy atom. The number of carbonyl (C=O) groups is 2. The Bertz CT molecular complexity index is 1130. The molecule has 176 valence electrons. The summed E-state index contributed by atoms with van der Waals surface area (Å²) < 4.78 is 15.5. The fourth-order valence-corrected chi connectivity index (χ4v) is 5.38. The first-order valence-electron chi connectivity index (χ1n) is 10.8. The Hall–Kier alpha value is -2.91. The normalized spacial score (nSPS) is 21.1. The number of nitrogens with two attached hydrogens (primary N) is 1. The van der Waals surface area contributed by atoms with Gasteiger partial charge in [-0.05, 0) is 31.4 Å². The maximum atomic E-state index is 15.5. The van der Waals surface area contributed by atoms with Gasteiger partial charge in [-0.2, -0.15) is 0 Å². The monoisotopic (exact) mass is 475 g/mol. The highest BCUT2D eigenvalue weighted by molar-refractivity contribution is 6.34. The summed E-state index contributed by atoms with van der Waals surface area (Å²) in [5.41, 5.74) is 6.64. The topological polar surface area (TPSA) is 121 Å². The molecule has 2 aromatic rings. The lowest BCUT2D eigenvalue weighted by atomic mass is 9.79. The number of amides is 2. The van der Waals surface area contributed by atoms with Crippen LogP contribution in [0.25, 0.3) is 11.1 Å². The Balaban J connectivity index is 1.74. The van der Waals surface area contributed by atoms with Gasteiger partial charge in [0.15, 0.2) is 0 Å². The van der Waals surface area contributed by atoms with Crippen molar-refractivity contribution in [3.63, 3.8) is 0 Å². The van der Waals surface area contributed by atoms with Crippen molar-refractivity contribution < 1.29 is 19.1 Å². The summed E-state index contributed by atoms with van der Waals surface area (Å²) in [6.45, 7) is 0.684. The number of nitrogens with zero attached hydrogens (tertiary/aromatic N) is 2. The van der Waals surface area contributed by atoms with E-state index in [2.05, 4.69) is 15.6 Å². The van der Waals surface area contributed by atoms with Gasteiger partial charge in [-0.15, -0.1) is 0 Å². The molecule has 10 heteroatoms. The van der Waals surface area contributed by atoms with Crippen LogP contribution >= 0.6 is 11.6 Å². The van der Waals surface area contributed by atoms with Gasteiger partial charge < -0.3 is 26.4 Å². The van der Waals surface area contributed by atoms with E-state index in [-0.39, 0.29) is 41.8 Å². The zero-order chi connectivity index (χ0) is 23.9. The van der Waals surface area contributed by atoms with Gasteiger partial charge in [0.2, 0.25) is 5.91 Å². The number of fused-ring (bicyclic) bond motifs is 2. The third kappa shape index (κ3) is 3.89. The SMILES string of the molecule is CN(C)C(=O)c1c(N)ccc(-c2cnc3c(c2Cl)[C@@]2(CC[C@@H](C(=O)NCCO)C2)CN3)c1F. The molecule has 1 aliphatic heterocycles. The van der Waals surface area contributed by atoms with Crippen LogP contribution in [0.1, 0.15) is 35.2 Å². The van der Waals surface area contributed by atoms with E-state index in [1.807, 2.05) is 0 Å². The van der Waals surface area contributed by atoms with Gasteiger partial charge in [-0.3, -0.25) is 9.59 Å². The molecule has 1 fully saturated rings. The molecule has 2 heterocycles. The van der Waals surface area contributed by atoms with E-state index in [1.54, 1.807) is 0 Å². The summed E-state index contributed by atoms with van der Waals surface area (Å²) in [6.07, 6.45) is 3.47. The van der Waals surface area contributed by atoms with Gasteiger partial charge in [0.25, 0.3) is 5.91 Å². The van der Waals surface area contributed by atoms with Gasteiger partial charge in [0, 0.05) is 67.1 Å². The maximum Gasteiger partial charge on any atom is 0.258 e. The molecule has 33 heavy (non-hydrogen) atoms. The number of benzene rings is 1. The van der Waals surface area contributed by atoms with Gasteiger partial charge in [-0.1, -0.05) is 11.6 Å². The van der Waals surface area contributed by atoms with Crippen LogP contribution < -0.4 is 16.4 Å². The van der Waals surface area contributed by atoms with Gasteiger partial charge in [0.1, 0.15) is 11.6 Å². The van der Waals surface area contributed by atoms with E-state index in [9.17, 15) is 9.59 Å². The van der Waals surface area contributed by atoms with E-state index >= 15 is 4.39 Å². The molecule has 0 unspecified atom stereocenters. The van der Waals surface area contributed by atoms with Crippen molar-refractivity contribution >= 4 is 34.9 Å². The number of rotatable bonds is 5. The van der Waals surface area contributed by atoms with Gasteiger partial charge in [-0.25, -0.2) is 9.37 Å². The zero-order valence-electron chi connectivity index (χ0n) is 18.5. The van der Waals surface area contributed by atoms with Crippen LogP contribution in [-0.4, -0.2) is 60.6 Å². The van der Waals surface area contributed by atoms with Crippen molar-refractivity contribution in [3.8, 4) is 11.1 Å². The zero-order valence-corrected chi connectivity index (χ0v) is 19.3. The Labute approximate surface area is 196 Å². The summed E-state index contributed by atoms with van der Waals surface area (Å²) in [4.78, 5) is 30.7. The second-order valence-electron chi connectivity index (χ2n) is 8.89. The fourth-order valence-electron chi connectivity index (χ4n) is 4.94. The average molecular weight is 476 g/mol. The molecule has 1 saturated carbocycles. The molecular weight excluding hydrogens is 449 g/mol. The van der Waals surface area contributed by atoms with Gasteiger partial charge >= 0.3 is 0 Å². The van der Waals surface area contributed by atoms with Crippen LogP contribution in [0.5, 0.6) is 0 Å². The molecule has 8 nitrogen and oxygen atoms in total. The van der Waals surface area contributed by atoms with Crippen LogP contribution in [0.15, 0.2) is 18.3 Å². The van der Waals surface area contributed by atoms with Crippen molar-refractivity contribution in [2.24, 2.45) is 5.92 Å². The van der Waals surface area contributed by atoms with E-state index in [1.165, 1.54) is 37.3 Å². The molecule has 0 bridgehead atoms. The highest BCUT2D eigenvalue weighted by Gasteiger charge is 2.49. The van der Waals surface area contributed by atoms with Crippen molar-refractivity contribution in [2.45, 2.75) is 24.7 Å². The number of carbonyl (C=O) groups excluding carboxylic acids is 2. The highest BCUT2D eigenvalue weighted by atomic mass is 35.5. The lowest BCUT2D eigenvalue weighted by molar-refractivity contribution is -0.125. The van der Waals surface area contributed by atoms with E-state index in [0.29, 0.717) is 35.8 Å². The Morgan fingerprint density at radius 2 is 2.15 bits per heavy atom. The first kappa shape index (κ1) is 23.3. The lowest BCUT2D eigenvalue weighted by Gasteiger charge is -2.25. The molecule has 0 saturated heterocycles. The molecule has 2 aliphatic rings. The molecule has 2 atom stereocenters. The fraction of sp³-hybridized carbons (Fsp3) is 0.435. The number of aliphatic hydroxyl groups is 1. The smallest absolute Gasteiger partial charge is 0.258 e. The Kier molecular flexibility index (Phi) is 6.20. The molecule has 1 aromatic heterocycles. The molecule has 5 N–H and O–H groups in total. The number of aliphatic hydroxyl groups excluding tert-OH is 1. The van der Waals surface area contributed by atoms with E-state index < -0.39 is 17.1 Å². The van der Waals surface area contributed by atoms with E-state index in [4.69, 9.17) is 22.4 Å². The standard InChI is InChI=1S/C23H27ClFN5O3/c1-30(2)22(33)16-15(26)4-3-13(19(16)25)14-10-28-20-17(18(14)24)23(11-29-20)6-5-12(9-23)21(32)27-7-8-31/h3-4,10,12,31H,5-9,11,26H2,1-2H3,(H,27,32)(H,28,29)/t12-,23-/m1/s1. The Morgan fingerprint density at radius 1 is 1.39 bits per heavy atom. The summed E-state index contributed by atoms with van der Waals surface area (Å²) in [6, 6.07) is 2.99. The highest BCUT2D eigenvalue weighted by Crippen LogP contribution is 2.53. The summed E-state index contributed by atoms with van der Waals surface area (Å²) in [7, 11) is 3.06. The van der Waals surface area contributed by atoms with E-state index in [0.717, 1.165) is 12.0 Å². The molecule has 1 spiro atoms. The second-order valence-corrected chi connectivity index (χ2v) is 9.27. The molecular formula is C23H27ClFN5O3.